The Balaban J connectivity index is 1.57. The number of rotatable bonds is 7. The van der Waals surface area contributed by atoms with Crippen molar-refractivity contribution in [2.75, 3.05) is 20.3 Å². The molecule has 0 unspecified atom stereocenters. The van der Waals surface area contributed by atoms with Crippen LogP contribution in [-0.4, -0.2) is 26.2 Å². The number of amides is 1. The molecule has 0 heterocycles. The summed E-state index contributed by atoms with van der Waals surface area (Å²) in [5.74, 6) is 2.02. The van der Waals surface area contributed by atoms with Crippen LogP contribution in [0.25, 0.3) is 0 Å². The Morgan fingerprint density at radius 1 is 1.19 bits per heavy atom. The zero-order valence-electron chi connectivity index (χ0n) is 20.0. The summed E-state index contributed by atoms with van der Waals surface area (Å²) in [7, 11) is 1.59. The highest BCUT2D eigenvalue weighted by Crippen LogP contribution is 2.41. The lowest BCUT2D eigenvalue weighted by Gasteiger charge is -2.35. The number of nitrogens with one attached hydrogen (secondary N) is 1. The van der Waals surface area contributed by atoms with Crippen molar-refractivity contribution in [2.45, 2.75) is 59.3 Å². The van der Waals surface area contributed by atoms with E-state index in [1.807, 2.05) is 24.3 Å². The number of ether oxygens (including phenoxy) is 2. The summed E-state index contributed by atoms with van der Waals surface area (Å²) in [6.07, 6.45) is 12.2. The minimum absolute atomic E-state index is 0.0231. The van der Waals surface area contributed by atoms with E-state index in [2.05, 4.69) is 38.2 Å². The summed E-state index contributed by atoms with van der Waals surface area (Å²) in [6, 6.07) is 5.57. The van der Waals surface area contributed by atoms with E-state index in [9.17, 15) is 4.79 Å². The average Bonchev–Trinajstić information content (AvgIpc) is 2.77. The largest absolute Gasteiger partial charge is 0.493 e. The van der Waals surface area contributed by atoms with E-state index in [0.717, 1.165) is 23.6 Å². The molecule has 1 aromatic carbocycles. The molecule has 2 aliphatic rings. The highest BCUT2D eigenvalue weighted by Gasteiger charge is 2.28. The smallest absolute Gasteiger partial charge is 0.228 e. The summed E-state index contributed by atoms with van der Waals surface area (Å²) >= 11 is 0. The van der Waals surface area contributed by atoms with Gasteiger partial charge >= 0.3 is 0 Å². The number of hydrogen-bond donors (Lipinski definition) is 2. The Morgan fingerprint density at radius 3 is 2.59 bits per heavy atom. The highest BCUT2D eigenvalue weighted by molar-refractivity contribution is 5.80. The number of carbonyl (C=O) groups is 1. The molecular formula is C27H38N2O3. The molecule has 3 N–H and O–H groups in total. The van der Waals surface area contributed by atoms with Crippen molar-refractivity contribution in [1.82, 2.24) is 5.32 Å². The molecule has 0 aliphatic heterocycles. The molecule has 0 atom stereocenters. The Kier molecular flexibility index (Phi) is 8.19. The highest BCUT2D eigenvalue weighted by atomic mass is 16.5. The minimum atomic E-state index is -0.0231. The molecule has 0 aromatic heterocycles. The van der Waals surface area contributed by atoms with Crippen molar-refractivity contribution in [3.05, 3.63) is 58.8 Å². The van der Waals surface area contributed by atoms with Gasteiger partial charge in [0.15, 0.2) is 11.5 Å². The second kappa shape index (κ2) is 10.9. The van der Waals surface area contributed by atoms with Crippen LogP contribution >= 0.6 is 0 Å². The summed E-state index contributed by atoms with van der Waals surface area (Å²) in [4.78, 5) is 12.7. The van der Waals surface area contributed by atoms with Crippen LogP contribution in [-0.2, 0) is 11.2 Å². The van der Waals surface area contributed by atoms with E-state index in [1.165, 1.54) is 31.3 Å². The molecule has 5 heteroatoms. The van der Waals surface area contributed by atoms with Gasteiger partial charge in [-0.05, 0) is 66.4 Å². The van der Waals surface area contributed by atoms with Gasteiger partial charge in [-0.3, -0.25) is 4.79 Å². The zero-order valence-corrected chi connectivity index (χ0v) is 20.0. The summed E-state index contributed by atoms with van der Waals surface area (Å²) in [5.41, 5.74) is 10.7. The van der Waals surface area contributed by atoms with Crippen LogP contribution in [0.15, 0.2) is 53.3 Å². The number of carbonyl (C=O) groups excluding carboxylic acids is 1. The van der Waals surface area contributed by atoms with Gasteiger partial charge in [0, 0.05) is 18.7 Å². The number of hydrogen-bond acceptors (Lipinski definition) is 4. The molecule has 0 radical (unpaired) electrons. The third-order valence-electron chi connectivity index (χ3n) is 6.51. The van der Waals surface area contributed by atoms with Gasteiger partial charge in [-0.15, -0.1) is 0 Å². The van der Waals surface area contributed by atoms with Crippen LogP contribution in [0.3, 0.4) is 0 Å². The first-order valence-electron chi connectivity index (χ1n) is 11.7. The maximum atomic E-state index is 12.7. The standard InChI is InChI=1S/C27H38N2O3/c1-27(2,3)22-11-9-20(10-12-22)21-6-5-7-23(18-21)29-26(30)17-19-8-13-24(32-15-14-28)25(16-19)31-4/h5-8,13,16,22H,9-12,14-15,17-18,28H2,1-4H3,(H,29,30). The first kappa shape index (κ1) is 24.1. The van der Waals surface area contributed by atoms with E-state index in [4.69, 9.17) is 15.2 Å². The van der Waals surface area contributed by atoms with Gasteiger partial charge in [-0.2, -0.15) is 0 Å². The molecule has 174 valence electrons. The summed E-state index contributed by atoms with van der Waals surface area (Å²) in [6.45, 7) is 7.91. The van der Waals surface area contributed by atoms with Crippen molar-refractivity contribution in [1.29, 1.82) is 0 Å². The van der Waals surface area contributed by atoms with E-state index < -0.39 is 0 Å². The van der Waals surface area contributed by atoms with Crippen molar-refractivity contribution < 1.29 is 14.3 Å². The van der Waals surface area contributed by atoms with Crippen LogP contribution in [0.4, 0.5) is 0 Å². The maximum Gasteiger partial charge on any atom is 0.228 e. The Morgan fingerprint density at radius 2 is 1.94 bits per heavy atom. The van der Waals surface area contributed by atoms with Crippen LogP contribution in [0, 0.1) is 11.3 Å². The van der Waals surface area contributed by atoms with Gasteiger partial charge in [-0.25, -0.2) is 0 Å². The molecule has 0 bridgehead atoms. The zero-order chi connectivity index (χ0) is 23.1. The summed E-state index contributed by atoms with van der Waals surface area (Å²) < 4.78 is 11.0. The molecule has 32 heavy (non-hydrogen) atoms. The summed E-state index contributed by atoms with van der Waals surface area (Å²) in [5, 5.41) is 3.10. The molecule has 0 spiro atoms. The van der Waals surface area contributed by atoms with Gasteiger partial charge in [0.05, 0.1) is 13.5 Å². The van der Waals surface area contributed by atoms with Crippen molar-refractivity contribution in [3.63, 3.8) is 0 Å². The van der Waals surface area contributed by atoms with Crippen LogP contribution < -0.4 is 20.5 Å². The fourth-order valence-corrected chi connectivity index (χ4v) is 4.60. The van der Waals surface area contributed by atoms with Crippen LogP contribution in [0.1, 0.15) is 58.4 Å². The molecule has 1 amide bonds. The molecule has 1 aromatic rings. The van der Waals surface area contributed by atoms with Crippen LogP contribution in [0.5, 0.6) is 11.5 Å². The van der Waals surface area contributed by atoms with E-state index in [0.29, 0.717) is 30.1 Å². The second-order valence-electron chi connectivity index (χ2n) is 9.84. The van der Waals surface area contributed by atoms with Gasteiger partial charge in [-0.1, -0.05) is 44.6 Å². The van der Waals surface area contributed by atoms with Gasteiger partial charge in [0.1, 0.15) is 6.61 Å². The third kappa shape index (κ3) is 6.49. The second-order valence-corrected chi connectivity index (χ2v) is 9.84. The third-order valence-corrected chi connectivity index (χ3v) is 6.51. The van der Waals surface area contributed by atoms with Gasteiger partial charge < -0.3 is 20.5 Å². The van der Waals surface area contributed by atoms with Crippen LogP contribution in [0.2, 0.25) is 0 Å². The van der Waals surface area contributed by atoms with Crippen molar-refractivity contribution in [3.8, 4) is 11.5 Å². The maximum absolute atomic E-state index is 12.7. The van der Waals surface area contributed by atoms with Gasteiger partial charge in [0.25, 0.3) is 0 Å². The molecule has 0 saturated heterocycles. The minimum Gasteiger partial charge on any atom is -0.493 e. The lowest BCUT2D eigenvalue weighted by atomic mass is 9.70. The monoisotopic (exact) mass is 438 g/mol. The number of nitrogens with two attached hydrogens (primary N) is 1. The Hall–Kier alpha value is -2.53. The topological polar surface area (TPSA) is 73.6 Å². The first-order valence-corrected chi connectivity index (χ1v) is 11.7. The first-order chi connectivity index (χ1) is 15.3. The van der Waals surface area contributed by atoms with E-state index in [1.54, 1.807) is 12.7 Å². The number of methoxy groups -OCH3 is 1. The Bertz CT molecular complexity index is 896. The predicted molar refractivity (Wildman–Crippen MR) is 130 cm³/mol. The van der Waals surface area contributed by atoms with Crippen molar-refractivity contribution >= 4 is 5.91 Å². The fourth-order valence-electron chi connectivity index (χ4n) is 4.60. The molecule has 1 saturated carbocycles. The normalized spacial score (nSPS) is 18.9. The van der Waals surface area contributed by atoms with Gasteiger partial charge in [0.2, 0.25) is 5.91 Å². The molecule has 1 fully saturated rings. The lowest BCUT2D eigenvalue weighted by molar-refractivity contribution is -0.119. The molecule has 5 nitrogen and oxygen atoms in total. The van der Waals surface area contributed by atoms with E-state index >= 15 is 0 Å². The Labute approximate surface area is 192 Å². The quantitative estimate of drug-likeness (QED) is 0.623. The molecule has 3 rings (SSSR count). The van der Waals surface area contributed by atoms with E-state index in [-0.39, 0.29) is 12.3 Å². The fraction of sp³-hybridized carbons (Fsp3) is 0.519. The van der Waals surface area contributed by atoms with Crippen molar-refractivity contribution in [2.24, 2.45) is 17.1 Å². The lowest BCUT2D eigenvalue weighted by Crippen LogP contribution is -2.26. The predicted octanol–water partition coefficient (Wildman–Crippen LogP) is 5.07. The average molecular weight is 439 g/mol. The number of benzene rings is 1. The molecule has 2 aliphatic carbocycles. The number of allylic oxidation sites excluding steroid dienone is 5. The molecular weight excluding hydrogens is 400 g/mol. The SMILES string of the molecule is COc1cc(CC(=O)NC2=CC=CC(=C3CCC(C(C)(C)C)CC3)C2)ccc1OCCN.